The van der Waals surface area contributed by atoms with Crippen LogP contribution in [-0.2, 0) is 14.8 Å². The van der Waals surface area contributed by atoms with Crippen molar-refractivity contribution in [3.05, 3.63) is 30.3 Å². The molecule has 0 bridgehead atoms. The van der Waals surface area contributed by atoms with Gasteiger partial charge < -0.3 is 14.7 Å². The molecule has 0 aliphatic carbocycles. The fourth-order valence-corrected chi connectivity index (χ4v) is 6.08. The van der Waals surface area contributed by atoms with Gasteiger partial charge in [-0.3, -0.25) is 4.79 Å². The van der Waals surface area contributed by atoms with Crippen molar-refractivity contribution < 1.29 is 23.0 Å². The molecule has 28 heavy (non-hydrogen) atoms. The number of sulfonamides is 1. The molecule has 0 spiro atoms. The number of likely N-dealkylation sites (N-methyl/N-ethyl adjacent to an activating group) is 1. The van der Waals surface area contributed by atoms with Crippen LogP contribution < -0.4 is 9.80 Å². The van der Waals surface area contributed by atoms with Gasteiger partial charge in [0.1, 0.15) is 32.3 Å². The smallest absolute Gasteiger partial charge is 0.279 e. The lowest BCUT2D eigenvalue weighted by Gasteiger charge is -2.45. The molecule has 2 aliphatic rings. The van der Waals surface area contributed by atoms with Crippen LogP contribution in [0.4, 0.5) is 0 Å². The standard InChI is InChI=1S/C20H32N4O3S/c1-17(2)20-23(19(25)16-22-14-12-21(3)13-15-22)10-7-11-24(20)28(26,27)18-8-5-4-6-9-18/h4-6,8-9,17,20H,7,10-16H2,1-3H3/p+2/t20-/m1/s1. The first-order valence-electron chi connectivity index (χ1n) is 10.3. The summed E-state index contributed by atoms with van der Waals surface area (Å²) < 4.78 is 28.1. The van der Waals surface area contributed by atoms with Crippen LogP contribution in [0.15, 0.2) is 35.2 Å². The Hall–Kier alpha value is -1.48. The Balaban J connectivity index is 1.79. The quantitative estimate of drug-likeness (QED) is 0.609. The number of carbonyl (C=O) groups excluding carboxylic acids is 1. The Labute approximate surface area is 168 Å². The molecule has 1 aromatic rings. The molecule has 3 rings (SSSR count). The second kappa shape index (κ2) is 8.90. The number of rotatable bonds is 5. The molecule has 2 fully saturated rings. The van der Waals surface area contributed by atoms with E-state index in [-0.39, 0.29) is 11.8 Å². The van der Waals surface area contributed by atoms with E-state index >= 15 is 0 Å². The average molecular weight is 411 g/mol. The summed E-state index contributed by atoms with van der Waals surface area (Å²) in [6.07, 6.45) is 0.243. The summed E-state index contributed by atoms with van der Waals surface area (Å²) in [5.74, 6) is 0.0934. The fraction of sp³-hybridized carbons (Fsp3) is 0.650. The molecule has 1 amide bonds. The molecular weight excluding hydrogens is 376 g/mol. The lowest BCUT2D eigenvalue weighted by molar-refractivity contribution is -1.000. The Morgan fingerprint density at radius 2 is 1.75 bits per heavy atom. The predicted octanol–water partition coefficient (Wildman–Crippen LogP) is -1.70. The van der Waals surface area contributed by atoms with Crippen LogP contribution in [0.2, 0.25) is 0 Å². The van der Waals surface area contributed by atoms with Gasteiger partial charge in [-0.15, -0.1) is 0 Å². The topological polar surface area (TPSA) is 66.6 Å². The molecular formula is C20H34N4O3S+2. The molecule has 7 nitrogen and oxygen atoms in total. The van der Waals surface area contributed by atoms with E-state index in [1.807, 2.05) is 24.8 Å². The first-order valence-corrected chi connectivity index (χ1v) is 11.8. The molecule has 0 aromatic heterocycles. The van der Waals surface area contributed by atoms with Gasteiger partial charge in [-0.25, -0.2) is 8.42 Å². The largest absolute Gasteiger partial charge is 0.328 e. The Morgan fingerprint density at radius 3 is 2.36 bits per heavy atom. The average Bonchev–Trinajstić information content (AvgIpc) is 2.69. The normalized spacial score (nSPS) is 27.1. The van der Waals surface area contributed by atoms with Crippen LogP contribution in [0.1, 0.15) is 20.3 Å². The molecule has 1 atom stereocenters. The van der Waals surface area contributed by atoms with Gasteiger partial charge in [0.25, 0.3) is 5.91 Å². The third-order valence-corrected chi connectivity index (χ3v) is 7.75. The second-order valence-corrected chi connectivity index (χ2v) is 10.3. The first kappa shape index (κ1) is 21.2. The highest BCUT2D eigenvalue weighted by molar-refractivity contribution is 7.89. The fourth-order valence-electron chi connectivity index (χ4n) is 4.29. The number of hydrogen-bond donors (Lipinski definition) is 2. The molecule has 0 saturated carbocycles. The van der Waals surface area contributed by atoms with Crippen LogP contribution >= 0.6 is 0 Å². The van der Waals surface area contributed by atoms with Crippen molar-refractivity contribution in [1.82, 2.24) is 9.21 Å². The van der Waals surface area contributed by atoms with E-state index in [0.29, 0.717) is 31.0 Å². The SMILES string of the molecule is CC(C)[C@@H]1N(C(=O)C[NH+]2CC[NH+](C)CC2)CCCN1S(=O)(=O)c1ccccc1. The highest BCUT2D eigenvalue weighted by Crippen LogP contribution is 2.27. The van der Waals surface area contributed by atoms with E-state index in [2.05, 4.69) is 7.05 Å². The van der Waals surface area contributed by atoms with E-state index in [4.69, 9.17) is 0 Å². The molecule has 0 unspecified atom stereocenters. The number of nitrogens with zero attached hydrogens (tertiary/aromatic N) is 2. The molecule has 0 radical (unpaired) electrons. The lowest BCUT2D eigenvalue weighted by atomic mass is 10.1. The van der Waals surface area contributed by atoms with Crippen LogP contribution in [0.25, 0.3) is 0 Å². The minimum Gasteiger partial charge on any atom is -0.328 e. The first-order chi connectivity index (χ1) is 13.3. The van der Waals surface area contributed by atoms with E-state index in [0.717, 1.165) is 26.2 Å². The molecule has 2 N–H and O–H groups in total. The van der Waals surface area contributed by atoms with Gasteiger partial charge in [-0.1, -0.05) is 32.0 Å². The maximum Gasteiger partial charge on any atom is 0.279 e. The third kappa shape index (κ3) is 4.56. The highest BCUT2D eigenvalue weighted by atomic mass is 32.2. The number of piperazine rings is 1. The van der Waals surface area contributed by atoms with Crippen molar-refractivity contribution in [2.24, 2.45) is 5.92 Å². The predicted molar refractivity (Wildman–Crippen MR) is 107 cm³/mol. The van der Waals surface area contributed by atoms with Gasteiger partial charge in [0.15, 0.2) is 6.54 Å². The van der Waals surface area contributed by atoms with Crippen LogP contribution in [0.5, 0.6) is 0 Å². The third-order valence-electron chi connectivity index (χ3n) is 5.87. The van der Waals surface area contributed by atoms with Crippen molar-refractivity contribution >= 4 is 15.9 Å². The molecule has 1 aromatic carbocycles. The van der Waals surface area contributed by atoms with E-state index in [9.17, 15) is 13.2 Å². The zero-order valence-corrected chi connectivity index (χ0v) is 18.0. The Bertz CT molecular complexity index is 761. The van der Waals surface area contributed by atoms with E-state index in [1.54, 1.807) is 24.3 Å². The molecule has 2 aliphatic heterocycles. The van der Waals surface area contributed by atoms with Crippen molar-refractivity contribution in [3.63, 3.8) is 0 Å². The van der Waals surface area contributed by atoms with Gasteiger partial charge in [0.2, 0.25) is 10.0 Å². The second-order valence-electron chi connectivity index (χ2n) is 8.41. The number of nitrogens with one attached hydrogen (secondary N) is 2. The zero-order chi connectivity index (χ0) is 20.3. The summed E-state index contributed by atoms with van der Waals surface area (Å²) in [6, 6.07) is 8.55. The van der Waals surface area contributed by atoms with Crippen molar-refractivity contribution in [1.29, 1.82) is 0 Å². The van der Waals surface area contributed by atoms with Crippen LogP contribution in [0.3, 0.4) is 0 Å². The van der Waals surface area contributed by atoms with Gasteiger partial charge in [0, 0.05) is 13.1 Å². The summed E-state index contributed by atoms with van der Waals surface area (Å²) >= 11 is 0. The summed E-state index contributed by atoms with van der Waals surface area (Å²) in [4.78, 5) is 18.1. The summed E-state index contributed by atoms with van der Waals surface area (Å²) in [5, 5.41) is 0. The minimum atomic E-state index is -3.63. The maximum absolute atomic E-state index is 13.3. The van der Waals surface area contributed by atoms with Gasteiger partial charge >= 0.3 is 0 Å². The van der Waals surface area contributed by atoms with Gasteiger partial charge in [-0.2, -0.15) is 4.31 Å². The number of quaternary nitrogens is 2. The highest BCUT2D eigenvalue weighted by Gasteiger charge is 2.42. The van der Waals surface area contributed by atoms with Crippen molar-refractivity contribution in [2.45, 2.75) is 31.3 Å². The Morgan fingerprint density at radius 1 is 1.11 bits per heavy atom. The number of carbonyl (C=O) groups is 1. The number of benzene rings is 1. The number of hydrogen-bond acceptors (Lipinski definition) is 3. The monoisotopic (exact) mass is 410 g/mol. The minimum absolute atomic E-state index is 0.0228. The van der Waals surface area contributed by atoms with Crippen LogP contribution in [-0.4, -0.2) is 82.6 Å². The summed E-state index contributed by atoms with van der Waals surface area (Å²) in [7, 11) is -1.45. The van der Waals surface area contributed by atoms with Crippen molar-refractivity contribution in [2.75, 3.05) is 52.9 Å². The number of amides is 1. The van der Waals surface area contributed by atoms with E-state index < -0.39 is 16.2 Å². The zero-order valence-electron chi connectivity index (χ0n) is 17.2. The van der Waals surface area contributed by atoms with Crippen LogP contribution in [0, 0.1) is 5.92 Å². The van der Waals surface area contributed by atoms with Crippen molar-refractivity contribution in [3.8, 4) is 0 Å². The van der Waals surface area contributed by atoms with E-state index in [1.165, 1.54) is 14.1 Å². The Kier molecular flexibility index (Phi) is 6.75. The molecule has 156 valence electrons. The molecule has 2 saturated heterocycles. The summed E-state index contributed by atoms with van der Waals surface area (Å²) in [5.41, 5.74) is 0. The lowest BCUT2D eigenvalue weighted by Crippen LogP contribution is -3.27. The van der Waals surface area contributed by atoms with Gasteiger partial charge in [0.05, 0.1) is 11.9 Å². The van der Waals surface area contributed by atoms with Gasteiger partial charge in [-0.05, 0) is 24.5 Å². The maximum atomic E-state index is 13.3. The summed E-state index contributed by atoms with van der Waals surface area (Å²) in [6.45, 7) is 9.65. The molecule has 2 heterocycles. The molecule has 8 heteroatoms.